The summed E-state index contributed by atoms with van der Waals surface area (Å²) in [7, 11) is 3.27. The highest BCUT2D eigenvalue weighted by Gasteiger charge is 2.20. The van der Waals surface area contributed by atoms with Crippen molar-refractivity contribution < 1.29 is 13.9 Å². The first-order valence-corrected chi connectivity index (χ1v) is 7.26. The number of hydrogen-bond donors (Lipinski definition) is 1. The number of methoxy groups -OCH3 is 2. The zero-order valence-electron chi connectivity index (χ0n) is 12.5. The minimum Gasteiger partial charge on any atom is -0.497 e. The zero-order valence-corrected chi connectivity index (χ0v) is 13.2. The Morgan fingerprint density at radius 2 is 1.86 bits per heavy atom. The molecule has 0 radical (unpaired) electrons. The average molecular weight is 310 g/mol. The molecule has 1 N–H and O–H groups in total. The third-order valence-electron chi connectivity index (χ3n) is 3.26. The van der Waals surface area contributed by atoms with Crippen LogP contribution in [-0.4, -0.2) is 20.8 Å². The van der Waals surface area contributed by atoms with E-state index in [0.29, 0.717) is 5.22 Å². The molecule has 0 fully saturated rings. The number of benzene rings is 1. The van der Waals surface area contributed by atoms with Crippen molar-refractivity contribution in [2.45, 2.75) is 19.4 Å². The number of halogens is 1. The van der Waals surface area contributed by atoms with Gasteiger partial charge in [-0.3, -0.25) is 0 Å². The fraction of sp³-hybridized carbons (Fsp3) is 0.375. The van der Waals surface area contributed by atoms with Crippen molar-refractivity contribution in [3.8, 4) is 11.5 Å². The molecule has 4 nitrogen and oxygen atoms in total. The molecular formula is C16H20ClNO3. The van der Waals surface area contributed by atoms with Gasteiger partial charge >= 0.3 is 0 Å². The van der Waals surface area contributed by atoms with Crippen molar-refractivity contribution in [1.29, 1.82) is 0 Å². The Balaban J connectivity index is 2.43. The summed E-state index contributed by atoms with van der Waals surface area (Å²) < 4.78 is 15.9. The molecule has 0 spiro atoms. The number of ether oxygens (including phenoxy) is 2. The van der Waals surface area contributed by atoms with E-state index >= 15 is 0 Å². The lowest BCUT2D eigenvalue weighted by Crippen LogP contribution is -2.23. The summed E-state index contributed by atoms with van der Waals surface area (Å²) in [6.07, 6.45) is 2.61. The molecule has 2 aromatic rings. The molecule has 0 aliphatic carbocycles. The Labute approximate surface area is 130 Å². The van der Waals surface area contributed by atoms with Gasteiger partial charge in [0.2, 0.25) is 0 Å². The molecule has 1 heterocycles. The molecule has 114 valence electrons. The maximum Gasteiger partial charge on any atom is 0.198 e. The molecule has 5 heteroatoms. The maximum atomic E-state index is 6.14. The van der Waals surface area contributed by atoms with Gasteiger partial charge in [-0.1, -0.05) is 6.92 Å². The fourth-order valence-corrected chi connectivity index (χ4v) is 2.43. The number of furan rings is 1. The van der Waals surface area contributed by atoms with Gasteiger partial charge in [-0.15, -0.1) is 0 Å². The molecule has 2 rings (SSSR count). The average Bonchev–Trinajstić information content (AvgIpc) is 2.93. The van der Waals surface area contributed by atoms with Gasteiger partial charge in [-0.2, -0.15) is 0 Å². The van der Waals surface area contributed by atoms with Crippen LogP contribution < -0.4 is 14.8 Å². The van der Waals surface area contributed by atoms with Crippen LogP contribution in [0, 0.1) is 0 Å². The minimum absolute atomic E-state index is 0.0693. The van der Waals surface area contributed by atoms with Crippen LogP contribution in [0.25, 0.3) is 0 Å². The summed E-state index contributed by atoms with van der Waals surface area (Å²) in [6, 6.07) is 7.59. The van der Waals surface area contributed by atoms with Crippen molar-refractivity contribution >= 4 is 11.6 Å². The van der Waals surface area contributed by atoms with Crippen molar-refractivity contribution in [3.05, 3.63) is 46.9 Å². The van der Waals surface area contributed by atoms with Crippen LogP contribution in [0.3, 0.4) is 0 Å². The lowest BCUT2D eigenvalue weighted by molar-refractivity contribution is 0.392. The van der Waals surface area contributed by atoms with Crippen LogP contribution >= 0.6 is 11.6 Å². The van der Waals surface area contributed by atoms with Gasteiger partial charge in [0.15, 0.2) is 5.22 Å². The van der Waals surface area contributed by atoms with Crippen LogP contribution in [0.4, 0.5) is 0 Å². The highest BCUT2D eigenvalue weighted by molar-refractivity contribution is 6.29. The standard InChI is InChI=1S/C16H20ClNO3/c1-4-6-18-15(14-5-7-21-16(14)17)11-8-12(19-2)10-13(9-11)20-3/h5,7-10,15,18H,4,6H2,1-3H3. The van der Waals surface area contributed by atoms with Crippen LogP contribution in [0.15, 0.2) is 34.9 Å². The van der Waals surface area contributed by atoms with E-state index < -0.39 is 0 Å². The highest BCUT2D eigenvalue weighted by atomic mass is 35.5. The largest absolute Gasteiger partial charge is 0.497 e. The molecule has 0 aliphatic heterocycles. The SMILES string of the molecule is CCCNC(c1cc(OC)cc(OC)c1)c1ccoc1Cl. The highest BCUT2D eigenvalue weighted by Crippen LogP contribution is 2.33. The molecular weight excluding hydrogens is 290 g/mol. The van der Waals surface area contributed by atoms with Crippen LogP contribution in [0.5, 0.6) is 11.5 Å². The molecule has 0 amide bonds. The van der Waals surface area contributed by atoms with Gasteiger partial charge in [-0.25, -0.2) is 0 Å². The first-order valence-electron chi connectivity index (χ1n) is 6.88. The Morgan fingerprint density at radius 1 is 1.19 bits per heavy atom. The first kappa shape index (κ1) is 15.7. The molecule has 0 saturated heterocycles. The summed E-state index contributed by atoms with van der Waals surface area (Å²) in [5, 5.41) is 3.87. The first-order chi connectivity index (χ1) is 10.2. The molecule has 1 aromatic heterocycles. The van der Waals surface area contributed by atoms with Crippen LogP contribution in [-0.2, 0) is 0 Å². The molecule has 1 aromatic carbocycles. The maximum absolute atomic E-state index is 6.14. The van der Waals surface area contributed by atoms with Crippen LogP contribution in [0.1, 0.15) is 30.5 Å². The van der Waals surface area contributed by atoms with E-state index in [0.717, 1.165) is 35.6 Å². The summed E-state index contributed by atoms with van der Waals surface area (Å²) in [5.41, 5.74) is 1.92. The summed E-state index contributed by atoms with van der Waals surface area (Å²) in [4.78, 5) is 0. The van der Waals surface area contributed by atoms with Gasteiger partial charge in [0.25, 0.3) is 0 Å². The summed E-state index contributed by atoms with van der Waals surface area (Å²) >= 11 is 6.14. The molecule has 1 unspecified atom stereocenters. The lowest BCUT2D eigenvalue weighted by Gasteiger charge is -2.19. The topological polar surface area (TPSA) is 43.6 Å². The summed E-state index contributed by atoms with van der Waals surface area (Å²) in [5.74, 6) is 1.49. The second-order valence-corrected chi connectivity index (χ2v) is 5.03. The third-order valence-corrected chi connectivity index (χ3v) is 3.57. The fourth-order valence-electron chi connectivity index (χ4n) is 2.20. The molecule has 0 aliphatic rings. The van der Waals surface area contributed by atoms with Crippen molar-refractivity contribution in [3.63, 3.8) is 0 Å². The number of rotatable bonds is 7. The molecule has 0 bridgehead atoms. The Hall–Kier alpha value is -1.65. The Bertz CT molecular complexity index is 560. The lowest BCUT2D eigenvalue weighted by atomic mass is 10.0. The van der Waals surface area contributed by atoms with E-state index in [2.05, 4.69) is 12.2 Å². The van der Waals surface area contributed by atoms with Gasteiger partial charge in [0, 0.05) is 11.6 Å². The predicted molar refractivity (Wildman–Crippen MR) is 83.4 cm³/mol. The second-order valence-electron chi connectivity index (χ2n) is 4.68. The van der Waals surface area contributed by atoms with E-state index in [-0.39, 0.29) is 6.04 Å². The Kier molecular flexibility index (Phi) is 5.53. The zero-order chi connectivity index (χ0) is 15.2. The smallest absolute Gasteiger partial charge is 0.198 e. The van der Waals surface area contributed by atoms with Crippen molar-refractivity contribution in [1.82, 2.24) is 5.32 Å². The van der Waals surface area contributed by atoms with Crippen LogP contribution in [0.2, 0.25) is 5.22 Å². The number of hydrogen-bond acceptors (Lipinski definition) is 4. The van der Waals surface area contributed by atoms with E-state index in [1.54, 1.807) is 20.5 Å². The Morgan fingerprint density at radius 3 is 2.33 bits per heavy atom. The van der Waals surface area contributed by atoms with E-state index in [4.69, 9.17) is 25.5 Å². The molecule has 0 saturated carbocycles. The monoisotopic (exact) mass is 309 g/mol. The number of nitrogens with one attached hydrogen (secondary N) is 1. The van der Waals surface area contributed by atoms with E-state index in [9.17, 15) is 0 Å². The molecule has 21 heavy (non-hydrogen) atoms. The van der Waals surface area contributed by atoms with Gasteiger partial charge in [-0.05, 0) is 48.3 Å². The third kappa shape index (κ3) is 3.71. The quantitative estimate of drug-likeness (QED) is 0.838. The van der Waals surface area contributed by atoms with E-state index in [1.165, 1.54) is 0 Å². The van der Waals surface area contributed by atoms with Gasteiger partial charge in [0.05, 0.1) is 26.5 Å². The van der Waals surface area contributed by atoms with E-state index in [1.807, 2.05) is 24.3 Å². The predicted octanol–water partition coefficient (Wildman–Crippen LogP) is 4.04. The minimum atomic E-state index is -0.0693. The second kappa shape index (κ2) is 7.38. The van der Waals surface area contributed by atoms with Gasteiger partial charge in [0.1, 0.15) is 11.5 Å². The normalized spacial score (nSPS) is 12.2. The van der Waals surface area contributed by atoms with Crippen molar-refractivity contribution in [2.75, 3.05) is 20.8 Å². The van der Waals surface area contributed by atoms with Crippen molar-refractivity contribution in [2.24, 2.45) is 0 Å². The molecule has 1 atom stereocenters. The van der Waals surface area contributed by atoms with Gasteiger partial charge < -0.3 is 19.2 Å². The summed E-state index contributed by atoms with van der Waals surface area (Å²) in [6.45, 7) is 2.99.